The molecule has 21 heavy (non-hydrogen) atoms. The van der Waals surface area contributed by atoms with Crippen molar-refractivity contribution in [3.05, 3.63) is 23.8 Å². The molecule has 0 radical (unpaired) electrons. The molecule has 1 N–H and O–H groups in total. The predicted octanol–water partition coefficient (Wildman–Crippen LogP) is 3.25. The topological polar surface area (TPSA) is 39.7 Å². The van der Waals surface area contributed by atoms with Gasteiger partial charge in [-0.05, 0) is 25.3 Å². The fourth-order valence-electron chi connectivity index (χ4n) is 1.93. The van der Waals surface area contributed by atoms with Crippen LogP contribution in [-0.4, -0.2) is 33.5 Å². The first-order valence-electron chi connectivity index (χ1n) is 7.76. The molecule has 0 spiro atoms. The molecule has 0 aliphatic rings. The third-order valence-corrected chi connectivity index (χ3v) is 3.10. The molecule has 0 saturated carbocycles. The van der Waals surface area contributed by atoms with Crippen LogP contribution in [0.4, 0.5) is 0 Å². The molecule has 0 heterocycles. The second-order valence-corrected chi connectivity index (χ2v) is 5.38. The molecule has 1 rings (SSSR count). The first kappa shape index (κ1) is 17.8. The molecular weight excluding hydrogens is 266 g/mol. The van der Waals surface area contributed by atoms with Gasteiger partial charge in [0.15, 0.2) is 11.5 Å². The summed E-state index contributed by atoms with van der Waals surface area (Å²) in [6.07, 6.45) is 1.04. The molecule has 0 atom stereocenters. The second-order valence-electron chi connectivity index (χ2n) is 5.38. The molecule has 1 aromatic rings. The summed E-state index contributed by atoms with van der Waals surface area (Å²) < 4.78 is 16.7. The van der Waals surface area contributed by atoms with Crippen LogP contribution in [0.5, 0.6) is 11.5 Å². The average Bonchev–Trinajstić information content (AvgIpc) is 2.46. The molecule has 0 fully saturated rings. The van der Waals surface area contributed by atoms with Crippen LogP contribution >= 0.6 is 0 Å². The maximum absolute atomic E-state index is 5.99. The highest BCUT2D eigenvalue weighted by atomic mass is 16.5. The van der Waals surface area contributed by atoms with Crippen LogP contribution in [-0.2, 0) is 11.3 Å². The molecule has 0 aliphatic heterocycles. The summed E-state index contributed by atoms with van der Waals surface area (Å²) in [5.74, 6) is 2.32. The van der Waals surface area contributed by atoms with E-state index in [1.165, 1.54) is 0 Å². The van der Waals surface area contributed by atoms with E-state index in [4.69, 9.17) is 14.2 Å². The van der Waals surface area contributed by atoms with Crippen molar-refractivity contribution in [3.8, 4) is 11.5 Å². The highest BCUT2D eigenvalue weighted by Crippen LogP contribution is 2.31. The molecule has 0 saturated heterocycles. The summed E-state index contributed by atoms with van der Waals surface area (Å²) in [5.41, 5.74) is 1.13. The highest BCUT2D eigenvalue weighted by molar-refractivity contribution is 5.46. The van der Waals surface area contributed by atoms with Crippen LogP contribution in [0.3, 0.4) is 0 Å². The Morgan fingerprint density at radius 3 is 2.62 bits per heavy atom. The molecule has 0 unspecified atom stereocenters. The van der Waals surface area contributed by atoms with Gasteiger partial charge in [0, 0.05) is 25.8 Å². The van der Waals surface area contributed by atoms with Gasteiger partial charge >= 0.3 is 0 Å². The minimum Gasteiger partial charge on any atom is -0.490 e. The maximum atomic E-state index is 5.99. The van der Waals surface area contributed by atoms with Gasteiger partial charge in [0.25, 0.3) is 0 Å². The average molecular weight is 295 g/mol. The second kappa shape index (κ2) is 10.5. The van der Waals surface area contributed by atoms with Crippen molar-refractivity contribution in [1.29, 1.82) is 0 Å². The summed E-state index contributed by atoms with van der Waals surface area (Å²) in [6.45, 7) is 10.0. The van der Waals surface area contributed by atoms with Crippen molar-refractivity contribution in [2.24, 2.45) is 5.92 Å². The number of methoxy groups -OCH3 is 1. The lowest BCUT2D eigenvalue weighted by Gasteiger charge is -2.17. The van der Waals surface area contributed by atoms with Crippen molar-refractivity contribution in [2.45, 2.75) is 33.7 Å². The van der Waals surface area contributed by atoms with Crippen LogP contribution in [0, 0.1) is 5.92 Å². The Labute approximate surface area is 128 Å². The minimum absolute atomic E-state index is 0.632. The maximum Gasteiger partial charge on any atom is 0.165 e. The lowest BCUT2D eigenvalue weighted by molar-refractivity contribution is 0.199. The fraction of sp³-hybridized carbons (Fsp3) is 0.647. The van der Waals surface area contributed by atoms with E-state index in [1.807, 2.05) is 19.1 Å². The van der Waals surface area contributed by atoms with E-state index in [-0.39, 0.29) is 0 Å². The quantitative estimate of drug-likeness (QED) is 0.636. The van der Waals surface area contributed by atoms with Gasteiger partial charge in [-0.2, -0.15) is 0 Å². The number of hydrogen-bond donors (Lipinski definition) is 1. The number of ether oxygens (including phenoxy) is 3. The van der Waals surface area contributed by atoms with E-state index in [2.05, 4.69) is 25.2 Å². The first-order chi connectivity index (χ1) is 10.2. The predicted molar refractivity (Wildman–Crippen MR) is 86.1 cm³/mol. The van der Waals surface area contributed by atoms with Crippen molar-refractivity contribution in [3.63, 3.8) is 0 Å². The number of benzene rings is 1. The minimum atomic E-state index is 0.632. The Kier molecular flexibility index (Phi) is 8.87. The third-order valence-electron chi connectivity index (χ3n) is 3.10. The number of hydrogen-bond acceptors (Lipinski definition) is 4. The third kappa shape index (κ3) is 6.82. The molecule has 0 amide bonds. The van der Waals surface area contributed by atoms with Gasteiger partial charge in [-0.1, -0.05) is 26.0 Å². The van der Waals surface area contributed by atoms with Crippen LogP contribution in [0.25, 0.3) is 0 Å². The summed E-state index contributed by atoms with van der Waals surface area (Å²) in [6, 6.07) is 6.05. The Bertz CT molecular complexity index is 394. The molecular formula is C17H29NO3. The number of nitrogens with one attached hydrogen (secondary N) is 1. The van der Waals surface area contributed by atoms with E-state index in [0.717, 1.165) is 36.6 Å². The van der Waals surface area contributed by atoms with Crippen LogP contribution < -0.4 is 14.8 Å². The van der Waals surface area contributed by atoms with Crippen molar-refractivity contribution >= 4 is 0 Å². The summed E-state index contributed by atoms with van der Waals surface area (Å²) in [7, 11) is 1.71. The first-order valence-corrected chi connectivity index (χ1v) is 7.76. The lowest BCUT2D eigenvalue weighted by Crippen LogP contribution is -2.19. The highest BCUT2D eigenvalue weighted by Gasteiger charge is 2.11. The smallest absolute Gasteiger partial charge is 0.165 e. The summed E-state index contributed by atoms with van der Waals surface area (Å²) >= 11 is 0. The standard InChI is InChI=1S/C17H29NO3/c1-5-20-16-8-6-7-15(13-18-10-12-19-4)17(16)21-11-9-14(2)3/h6-8,14,18H,5,9-13H2,1-4H3. The molecule has 4 nitrogen and oxygen atoms in total. The molecule has 0 aromatic heterocycles. The van der Waals surface area contributed by atoms with E-state index in [1.54, 1.807) is 7.11 Å². The fourth-order valence-corrected chi connectivity index (χ4v) is 1.93. The largest absolute Gasteiger partial charge is 0.490 e. The van der Waals surface area contributed by atoms with Gasteiger partial charge in [0.05, 0.1) is 19.8 Å². The van der Waals surface area contributed by atoms with Crippen molar-refractivity contribution < 1.29 is 14.2 Å². The van der Waals surface area contributed by atoms with Crippen molar-refractivity contribution in [1.82, 2.24) is 5.32 Å². The Hall–Kier alpha value is -1.26. The van der Waals surface area contributed by atoms with Gasteiger partial charge in [0.1, 0.15) is 0 Å². The van der Waals surface area contributed by atoms with Gasteiger partial charge in [-0.3, -0.25) is 0 Å². The monoisotopic (exact) mass is 295 g/mol. The van der Waals surface area contributed by atoms with E-state index < -0.39 is 0 Å². The SMILES string of the molecule is CCOc1cccc(CNCCOC)c1OCCC(C)C. The van der Waals surface area contributed by atoms with Crippen LogP contribution in [0.1, 0.15) is 32.8 Å². The molecule has 0 aliphatic carbocycles. The van der Waals surface area contributed by atoms with Crippen LogP contribution in [0.15, 0.2) is 18.2 Å². The zero-order valence-electron chi connectivity index (χ0n) is 13.8. The van der Waals surface area contributed by atoms with E-state index in [0.29, 0.717) is 25.7 Å². The van der Waals surface area contributed by atoms with Crippen LogP contribution in [0.2, 0.25) is 0 Å². The van der Waals surface area contributed by atoms with Gasteiger partial charge in [-0.25, -0.2) is 0 Å². The normalized spacial score (nSPS) is 10.9. The summed E-state index contributed by atoms with van der Waals surface area (Å²) in [4.78, 5) is 0. The lowest BCUT2D eigenvalue weighted by atomic mass is 10.1. The zero-order chi connectivity index (χ0) is 15.5. The van der Waals surface area contributed by atoms with Gasteiger partial charge < -0.3 is 19.5 Å². The zero-order valence-corrected chi connectivity index (χ0v) is 13.8. The van der Waals surface area contributed by atoms with E-state index in [9.17, 15) is 0 Å². The molecule has 120 valence electrons. The van der Waals surface area contributed by atoms with E-state index >= 15 is 0 Å². The Balaban J connectivity index is 2.71. The molecule has 1 aromatic carbocycles. The number of rotatable bonds is 11. The molecule has 0 bridgehead atoms. The van der Waals surface area contributed by atoms with Crippen molar-refractivity contribution in [2.75, 3.05) is 33.5 Å². The van der Waals surface area contributed by atoms with Gasteiger partial charge in [-0.15, -0.1) is 0 Å². The Morgan fingerprint density at radius 2 is 1.95 bits per heavy atom. The Morgan fingerprint density at radius 1 is 1.14 bits per heavy atom. The summed E-state index contributed by atoms with van der Waals surface area (Å²) in [5, 5.41) is 3.35. The molecule has 4 heteroatoms. The number of para-hydroxylation sites is 1. The van der Waals surface area contributed by atoms with Gasteiger partial charge in [0.2, 0.25) is 0 Å².